The Morgan fingerprint density at radius 3 is 2.68 bits per heavy atom. The number of rotatable bonds is 5. The van der Waals surface area contributed by atoms with E-state index < -0.39 is 6.10 Å². The smallest absolute Gasteiger partial charge is 0.228 e. The van der Waals surface area contributed by atoms with Crippen molar-refractivity contribution in [1.29, 1.82) is 0 Å². The third kappa shape index (κ3) is 3.98. The van der Waals surface area contributed by atoms with E-state index >= 15 is 0 Å². The topological polar surface area (TPSA) is 90.5 Å². The van der Waals surface area contributed by atoms with Crippen molar-refractivity contribution < 1.29 is 14.6 Å². The average Bonchev–Trinajstić information content (AvgIpc) is 3.43. The number of nitrogens with one attached hydrogen (secondary N) is 2. The second-order valence-corrected chi connectivity index (χ2v) is 8.93. The van der Waals surface area contributed by atoms with E-state index in [1.54, 1.807) is 0 Å². The van der Waals surface area contributed by atoms with Crippen molar-refractivity contribution in [3.05, 3.63) is 17.7 Å². The first kappa shape index (κ1) is 19.9. The molecular weight excluding hydrogens is 356 g/mol. The van der Waals surface area contributed by atoms with Crippen LogP contribution < -0.4 is 5.32 Å². The van der Waals surface area contributed by atoms with Crippen LogP contribution in [-0.4, -0.2) is 70.4 Å². The Bertz CT molecular complexity index is 664. The van der Waals surface area contributed by atoms with Gasteiger partial charge in [-0.3, -0.25) is 4.79 Å². The summed E-state index contributed by atoms with van der Waals surface area (Å²) in [6, 6.07) is 0.581. The molecule has 1 aromatic rings. The minimum absolute atomic E-state index is 0.0696. The molecule has 0 radical (unpaired) electrons. The van der Waals surface area contributed by atoms with Gasteiger partial charge in [0, 0.05) is 48.9 Å². The van der Waals surface area contributed by atoms with Crippen molar-refractivity contribution in [2.75, 3.05) is 26.3 Å². The highest BCUT2D eigenvalue weighted by Crippen LogP contribution is 2.40. The Kier molecular flexibility index (Phi) is 6.04. The quantitative estimate of drug-likeness (QED) is 0.713. The van der Waals surface area contributed by atoms with E-state index in [2.05, 4.69) is 29.1 Å². The maximum Gasteiger partial charge on any atom is 0.228 e. The van der Waals surface area contributed by atoms with Crippen LogP contribution in [0.25, 0.3) is 0 Å². The molecule has 28 heavy (non-hydrogen) atoms. The molecule has 0 aromatic carbocycles. The fourth-order valence-corrected chi connectivity index (χ4v) is 5.10. The van der Waals surface area contributed by atoms with E-state index in [0.717, 1.165) is 11.5 Å². The lowest BCUT2D eigenvalue weighted by molar-refractivity contribution is -0.142. The van der Waals surface area contributed by atoms with Crippen LogP contribution in [0.2, 0.25) is 0 Å². The predicted octanol–water partition coefficient (Wildman–Crippen LogP) is 1.76. The van der Waals surface area contributed by atoms with E-state index in [-0.39, 0.29) is 23.8 Å². The number of morpholine rings is 1. The van der Waals surface area contributed by atoms with Crippen molar-refractivity contribution in [3.63, 3.8) is 0 Å². The lowest BCUT2D eigenvalue weighted by atomic mass is 9.95. The number of amides is 1. The van der Waals surface area contributed by atoms with Crippen LogP contribution in [0.1, 0.15) is 69.3 Å². The van der Waals surface area contributed by atoms with Gasteiger partial charge in [0.25, 0.3) is 0 Å². The van der Waals surface area contributed by atoms with Gasteiger partial charge in [-0.2, -0.15) is 0 Å². The molecule has 2 saturated carbocycles. The summed E-state index contributed by atoms with van der Waals surface area (Å²) in [5, 5.41) is 15.0. The highest BCUT2D eigenvalue weighted by molar-refractivity contribution is 5.80. The molecule has 7 heteroatoms. The van der Waals surface area contributed by atoms with Crippen molar-refractivity contribution in [2.24, 2.45) is 5.92 Å². The first-order valence-electron chi connectivity index (χ1n) is 10.9. The fraction of sp³-hybridized carbons (Fsp3) is 0.810. The van der Waals surface area contributed by atoms with Gasteiger partial charge in [-0.25, -0.2) is 4.98 Å². The maximum absolute atomic E-state index is 13.1. The summed E-state index contributed by atoms with van der Waals surface area (Å²) in [5.41, 5.74) is 0.948. The number of aromatic amines is 1. The van der Waals surface area contributed by atoms with E-state index in [4.69, 9.17) is 4.74 Å². The standard InChI is InChI=1S/C21H34N4O3/c1-13(2)20-22-12-17(24-20)18-16(23-14-5-3-4-6-14)11-15(19(18)26)21(27)25-7-9-28-10-8-25/h12-16,18-19,23,26H,3-11H2,1-2H3,(H,22,24)/t15-,16+,18+,19+/m0/s1. The van der Waals surface area contributed by atoms with Crippen LogP contribution in [0.5, 0.6) is 0 Å². The molecule has 4 atom stereocenters. The zero-order valence-corrected chi connectivity index (χ0v) is 17.1. The summed E-state index contributed by atoms with van der Waals surface area (Å²) in [4.78, 5) is 22.9. The number of aromatic nitrogens is 2. The minimum atomic E-state index is -0.699. The summed E-state index contributed by atoms with van der Waals surface area (Å²) >= 11 is 0. The predicted molar refractivity (Wildman–Crippen MR) is 106 cm³/mol. The normalized spacial score (nSPS) is 31.8. The third-order valence-corrected chi connectivity index (χ3v) is 6.69. The Hall–Kier alpha value is -1.44. The van der Waals surface area contributed by atoms with Crippen molar-refractivity contribution in [1.82, 2.24) is 20.2 Å². The molecule has 0 unspecified atom stereocenters. The van der Waals surface area contributed by atoms with Crippen LogP contribution in [0.3, 0.4) is 0 Å². The lowest BCUT2D eigenvalue weighted by Crippen LogP contribution is -2.45. The Labute approximate surface area is 167 Å². The lowest BCUT2D eigenvalue weighted by Gasteiger charge is -2.30. The second-order valence-electron chi connectivity index (χ2n) is 8.93. The Morgan fingerprint density at radius 2 is 2.04 bits per heavy atom. The number of hydrogen-bond donors (Lipinski definition) is 3. The van der Waals surface area contributed by atoms with Crippen LogP contribution in [0.15, 0.2) is 6.20 Å². The number of ether oxygens (including phenoxy) is 1. The van der Waals surface area contributed by atoms with Crippen LogP contribution >= 0.6 is 0 Å². The average molecular weight is 391 g/mol. The van der Waals surface area contributed by atoms with Crippen LogP contribution in [-0.2, 0) is 9.53 Å². The Balaban J connectivity index is 1.55. The monoisotopic (exact) mass is 390 g/mol. The van der Waals surface area contributed by atoms with Gasteiger partial charge in [0.15, 0.2) is 0 Å². The van der Waals surface area contributed by atoms with E-state index in [0.29, 0.717) is 44.7 Å². The molecular formula is C21H34N4O3. The molecule has 2 heterocycles. The summed E-state index contributed by atoms with van der Waals surface area (Å²) < 4.78 is 5.38. The summed E-state index contributed by atoms with van der Waals surface area (Å²) in [7, 11) is 0. The first-order chi connectivity index (χ1) is 13.5. The summed E-state index contributed by atoms with van der Waals surface area (Å²) in [5.74, 6) is 0.813. The molecule has 3 N–H and O–H groups in total. The largest absolute Gasteiger partial charge is 0.392 e. The van der Waals surface area contributed by atoms with Gasteiger partial charge < -0.3 is 25.0 Å². The molecule has 3 fully saturated rings. The molecule has 156 valence electrons. The van der Waals surface area contributed by atoms with Crippen LogP contribution in [0.4, 0.5) is 0 Å². The van der Waals surface area contributed by atoms with Gasteiger partial charge >= 0.3 is 0 Å². The number of aliphatic hydroxyl groups is 1. The van der Waals surface area contributed by atoms with Crippen molar-refractivity contribution in [3.8, 4) is 0 Å². The molecule has 1 aromatic heterocycles. The maximum atomic E-state index is 13.1. The molecule has 1 saturated heterocycles. The molecule has 1 aliphatic heterocycles. The van der Waals surface area contributed by atoms with Crippen molar-refractivity contribution >= 4 is 5.91 Å². The second kappa shape index (κ2) is 8.51. The van der Waals surface area contributed by atoms with E-state index in [1.165, 1.54) is 25.7 Å². The number of H-pyrrole nitrogens is 1. The molecule has 0 bridgehead atoms. The minimum Gasteiger partial charge on any atom is -0.392 e. The fourth-order valence-electron chi connectivity index (χ4n) is 5.10. The van der Waals surface area contributed by atoms with Gasteiger partial charge in [0.2, 0.25) is 5.91 Å². The molecule has 4 rings (SSSR count). The zero-order valence-electron chi connectivity index (χ0n) is 17.1. The number of carbonyl (C=O) groups is 1. The third-order valence-electron chi connectivity index (χ3n) is 6.69. The first-order valence-corrected chi connectivity index (χ1v) is 10.9. The summed E-state index contributed by atoms with van der Waals surface area (Å²) in [6.07, 6.45) is 6.71. The molecule has 2 aliphatic carbocycles. The molecule has 7 nitrogen and oxygen atoms in total. The zero-order chi connectivity index (χ0) is 19.7. The molecule has 1 amide bonds. The number of hydrogen-bond acceptors (Lipinski definition) is 5. The molecule has 3 aliphatic rings. The van der Waals surface area contributed by atoms with Gasteiger partial charge in [0.1, 0.15) is 5.82 Å². The number of nitrogens with zero attached hydrogens (tertiary/aromatic N) is 2. The van der Waals surface area contributed by atoms with E-state index in [1.807, 2.05) is 11.1 Å². The number of imidazole rings is 1. The van der Waals surface area contributed by atoms with Gasteiger partial charge in [-0.1, -0.05) is 26.7 Å². The number of aliphatic hydroxyl groups excluding tert-OH is 1. The molecule has 0 spiro atoms. The van der Waals surface area contributed by atoms with Gasteiger partial charge in [-0.15, -0.1) is 0 Å². The highest BCUT2D eigenvalue weighted by Gasteiger charge is 2.48. The Morgan fingerprint density at radius 1 is 1.32 bits per heavy atom. The van der Waals surface area contributed by atoms with Crippen molar-refractivity contribution in [2.45, 2.75) is 76.0 Å². The number of carbonyl (C=O) groups excluding carboxylic acids is 1. The highest BCUT2D eigenvalue weighted by atomic mass is 16.5. The van der Waals surface area contributed by atoms with E-state index in [9.17, 15) is 9.90 Å². The van der Waals surface area contributed by atoms with Gasteiger partial charge in [0.05, 0.1) is 25.2 Å². The SMILES string of the molecule is CC(C)c1ncc([C@@H]2[C@H](O)[C@@H](C(=O)N3CCOCC3)C[C@H]2NC2CCCC2)[nH]1. The van der Waals surface area contributed by atoms with Gasteiger partial charge in [-0.05, 0) is 19.3 Å². The van der Waals surface area contributed by atoms with Crippen LogP contribution in [0, 0.1) is 5.92 Å². The summed E-state index contributed by atoms with van der Waals surface area (Å²) in [6.45, 7) is 6.61.